The van der Waals surface area contributed by atoms with Gasteiger partial charge in [-0.3, -0.25) is 14.1 Å². The molecule has 3 heterocycles. The number of hydrogen-bond acceptors (Lipinski definition) is 5. The van der Waals surface area contributed by atoms with Crippen LogP contribution in [-0.2, 0) is 10.8 Å². The van der Waals surface area contributed by atoms with Crippen molar-refractivity contribution in [1.82, 2.24) is 15.2 Å². The molecule has 3 aromatic rings. The number of hydrogen-bond donors (Lipinski definition) is 2. The average Bonchev–Trinajstić information content (AvgIpc) is 3.24. The van der Waals surface area contributed by atoms with Crippen LogP contribution >= 0.6 is 0 Å². The number of aromatic nitrogens is 3. The Morgan fingerprint density at radius 1 is 1.07 bits per heavy atom. The Balaban J connectivity index is 1.44. The van der Waals surface area contributed by atoms with E-state index >= 15 is 0 Å². The molecule has 2 N–H and O–H groups in total. The molecule has 1 aliphatic heterocycles. The summed E-state index contributed by atoms with van der Waals surface area (Å²) < 4.78 is 11.5. The molecule has 1 aromatic carbocycles. The van der Waals surface area contributed by atoms with Crippen LogP contribution < -0.4 is 10.2 Å². The van der Waals surface area contributed by atoms with Crippen molar-refractivity contribution in [3.05, 3.63) is 60.4 Å². The summed E-state index contributed by atoms with van der Waals surface area (Å²) in [5.74, 6) is 1.14. The summed E-state index contributed by atoms with van der Waals surface area (Å²) in [6.07, 6.45) is 1.64. The average molecular weight is 381 g/mol. The van der Waals surface area contributed by atoms with Crippen molar-refractivity contribution in [2.75, 3.05) is 34.8 Å². The fourth-order valence-corrected chi connectivity index (χ4v) is 4.01. The van der Waals surface area contributed by atoms with Crippen LogP contribution in [0, 0.1) is 0 Å². The summed E-state index contributed by atoms with van der Waals surface area (Å²) in [6.45, 7) is 1.59. The number of carbonyl (C=O) groups excluding carboxylic acids is 1. The van der Waals surface area contributed by atoms with Crippen LogP contribution in [0.15, 0.2) is 54.7 Å². The molecule has 0 bridgehead atoms. The maximum atomic E-state index is 12.5. The van der Waals surface area contributed by atoms with Crippen molar-refractivity contribution < 1.29 is 9.00 Å². The molecule has 0 atom stereocenters. The Hall–Kier alpha value is -3.00. The Bertz CT molecular complexity index is 946. The monoisotopic (exact) mass is 381 g/mol. The highest BCUT2D eigenvalue weighted by atomic mass is 32.2. The molecule has 0 radical (unpaired) electrons. The van der Waals surface area contributed by atoms with Crippen LogP contribution in [0.2, 0.25) is 0 Å². The SMILES string of the molecule is O=C(Nc1ccc(N2CCS(=O)CC2)cc1)c1cccc(-c2ccn[nH]2)n1. The molecule has 138 valence electrons. The van der Waals surface area contributed by atoms with Crippen LogP contribution in [0.4, 0.5) is 11.4 Å². The largest absolute Gasteiger partial charge is 0.370 e. The number of rotatable bonds is 4. The second kappa shape index (κ2) is 7.71. The highest BCUT2D eigenvalue weighted by Gasteiger charge is 2.16. The molecule has 1 saturated heterocycles. The van der Waals surface area contributed by atoms with E-state index in [0.29, 0.717) is 28.6 Å². The fourth-order valence-electron chi connectivity index (χ4n) is 2.96. The van der Waals surface area contributed by atoms with Crippen LogP contribution in [0.25, 0.3) is 11.4 Å². The number of anilines is 2. The van der Waals surface area contributed by atoms with Crippen molar-refractivity contribution in [1.29, 1.82) is 0 Å². The summed E-state index contributed by atoms with van der Waals surface area (Å²) in [5, 5.41) is 9.62. The van der Waals surface area contributed by atoms with Gasteiger partial charge < -0.3 is 10.2 Å². The van der Waals surface area contributed by atoms with Crippen LogP contribution in [-0.4, -0.2) is 49.9 Å². The van der Waals surface area contributed by atoms with Crippen LogP contribution in [0.1, 0.15) is 10.5 Å². The van der Waals surface area contributed by atoms with Gasteiger partial charge in [-0.2, -0.15) is 5.10 Å². The van der Waals surface area contributed by atoms with Crippen molar-refractivity contribution in [3.8, 4) is 11.4 Å². The third-order valence-corrected chi connectivity index (χ3v) is 5.70. The Morgan fingerprint density at radius 3 is 2.56 bits per heavy atom. The smallest absolute Gasteiger partial charge is 0.274 e. The Morgan fingerprint density at radius 2 is 1.85 bits per heavy atom. The number of nitrogens with zero attached hydrogens (tertiary/aromatic N) is 3. The second-order valence-electron chi connectivity index (χ2n) is 6.21. The highest BCUT2D eigenvalue weighted by molar-refractivity contribution is 7.85. The van der Waals surface area contributed by atoms with E-state index in [1.807, 2.05) is 30.3 Å². The van der Waals surface area contributed by atoms with E-state index in [4.69, 9.17) is 0 Å². The summed E-state index contributed by atoms with van der Waals surface area (Å²) in [6, 6.07) is 14.8. The number of nitrogens with one attached hydrogen (secondary N) is 2. The fraction of sp³-hybridized carbons (Fsp3) is 0.211. The first-order valence-electron chi connectivity index (χ1n) is 8.67. The van der Waals surface area contributed by atoms with Gasteiger partial charge in [0, 0.05) is 53.0 Å². The van der Waals surface area contributed by atoms with Crippen molar-refractivity contribution in [2.45, 2.75) is 0 Å². The third-order valence-electron chi connectivity index (χ3n) is 4.43. The summed E-state index contributed by atoms with van der Waals surface area (Å²) in [5.41, 5.74) is 3.54. The molecular weight excluding hydrogens is 362 g/mol. The molecule has 7 nitrogen and oxygen atoms in total. The van der Waals surface area contributed by atoms with Gasteiger partial charge in [-0.25, -0.2) is 4.98 Å². The molecule has 2 aromatic heterocycles. The third kappa shape index (κ3) is 4.06. The number of H-pyrrole nitrogens is 1. The lowest BCUT2D eigenvalue weighted by atomic mass is 10.2. The molecule has 0 aliphatic carbocycles. The van der Waals surface area contributed by atoms with Gasteiger partial charge in [0.1, 0.15) is 5.69 Å². The highest BCUT2D eigenvalue weighted by Crippen LogP contribution is 2.20. The van der Waals surface area contributed by atoms with Crippen LogP contribution in [0.5, 0.6) is 0 Å². The minimum atomic E-state index is -0.693. The molecule has 1 aliphatic rings. The zero-order valence-electron chi connectivity index (χ0n) is 14.6. The van der Waals surface area contributed by atoms with Crippen molar-refractivity contribution >= 4 is 28.1 Å². The van der Waals surface area contributed by atoms with E-state index in [-0.39, 0.29) is 5.91 Å². The van der Waals surface area contributed by atoms with E-state index in [9.17, 15) is 9.00 Å². The van der Waals surface area contributed by atoms with Gasteiger partial charge in [-0.15, -0.1) is 0 Å². The molecule has 1 amide bonds. The van der Waals surface area contributed by atoms with E-state index in [1.54, 1.807) is 24.4 Å². The minimum Gasteiger partial charge on any atom is -0.370 e. The van der Waals surface area contributed by atoms with Crippen molar-refractivity contribution in [2.24, 2.45) is 0 Å². The number of amides is 1. The first-order chi connectivity index (χ1) is 13.2. The van der Waals surface area contributed by atoms with Gasteiger partial charge in [0.25, 0.3) is 5.91 Å². The normalized spacial score (nSPS) is 14.9. The van der Waals surface area contributed by atoms with Gasteiger partial charge in [0.15, 0.2) is 0 Å². The number of aromatic amines is 1. The summed E-state index contributed by atoms with van der Waals surface area (Å²) >= 11 is 0. The Kier molecular flexibility index (Phi) is 4.97. The lowest BCUT2D eigenvalue weighted by Gasteiger charge is -2.28. The lowest BCUT2D eigenvalue weighted by molar-refractivity contribution is 0.102. The molecule has 27 heavy (non-hydrogen) atoms. The van der Waals surface area contributed by atoms with Crippen LogP contribution in [0.3, 0.4) is 0 Å². The van der Waals surface area contributed by atoms with Crippen molar-refractivity contribution in [3.63, 3.8) is 0 Å². The first-order valence-corrected chi connectivity index (χ1v) is 10.2. The van der Waals surface area contributed by atoms with E-state index in [1.165, 1.54) is 0 Å². The van der Waals surface area contributed by atoms with Gasteiger partial charge >= 0.3 is 0 Å². The number of carbonyl (C=O) groups is 1. The first kappa shape index (κ1) is 17.4. The number of pyridine rings is 1. The second-order valence-corrected chi connectivity index (χ2v) is 7.91. The summed E-state index contributed by atoms with van der Waals surface area (Å²) in [4.78, 5) is 19.1. The van der Waals surface area contributed by atoms with E-state index in [2.05, 4.69) is 25.4 Å². The zero-order chi connectivity index (χ0) is 18.6. The standard InChI is InChI=1S/C19H19N5O2S/c25-19(18-3-1-2-16(22-18)17-8-9-20-23-17)21-14-4-6-15(7-5-14)24-10-12-27(26)13-11-24/h1-9H,10-13H2,(H,20,23)(H,21,25). The van der Waals surface area contributed by atoms with E-state index in [0.717, 1.165) is 24.5 Å². The maximum Gasteiger partial charge on any atom is 0.274 e. The quantitative estimate of drug-likeness (QED) is 0.724. The van der Waals surface area contributed by atoms with E-state index < -0.39 is 10.8 Å². The number of benzene rings is 1. The topological polar surface area (TPSA) is 91.0 Å². The van der Waals surface area contributed by atoms with Gasteiger partial charge in [-0.1, -0.05) is 6.07 Å². The molecule has 1 fully saturated rings. The Labute approximate surface area is 159 Å². The molecule has 0 unspecified atom stereocenters. The van der Waals surface area contributed by atoms with Gasteiger partial charge in [0.2, 0.25) is 0 Å². The molecule has 0 spiro atoms. The van der Waals surface area contributed by atoms with Gasteiger partial charge in [0.05, 0.1) is 11.4 Å². The molecule has 0 saturated carbocycles. The molecule has 4 rings (SSSR count). The van der Waals surface area contributed by atoms with Gasteiger partial charge in [-0.05, 0) is 42.5 Å². The molecule has 8 heteroatoms. The zero-order valence-corrected chi connectivity index (χ0v) is 15.4. The lowest BCUT2D eigenvalue weighted by Crippen LogP contribution is -2.37. The predicted molar refractivity (Wildman–Crippen MR) is 106 cm³/mol. The molecular formula is C19H19N5O2S. The summed E-state index contributed by atoms with van der Waals surface area (Å²) in [7, 11) is -0.693. The predicted octanol–water partition coefficient (Wildman–Crippen LogP) is 2.29. The maximum absolute atomic E-state index is 12.5. The minimum absolute atomic E-state index is 0.266.